The molecule has 88 valence electrons. The largest absolute Gasteiger partial charge is 0.330 e. The summed E-state index contributed by atoms with van der Waals surface area (Å²) in [5, 5.41) is 0. The van der Waals surface area contributed by atoms with Crippen LogP contribution in [-0.2, 0) is 9.84 Å². The van der Waals surface area contributed by atoms with Crippen molar-refractivity contribution >= 4 is 9.84 Å². The van der Waals surface area contributed by atoms with Crippen LogP contribution in [0, 0.1) is 0 Å². The third-order valence-electron chi connectivity index (χ3n) is 3.60. The van der Waals surface area contributed by atoms with Crippen molar-refractivity contribution in [3.05, 3.63) is 0 Å². The molecule has 2 atom stereocenters. The number of hydrogen-bond acceptors (Lipinski definition) is 4. The second-order valence-corrected chi connectivity index (χ2v) is 6.90. The summed E-state index contributed by atoms with van der Waals surface area (Å²) < 4.78 is 22.8. The molecular weight excluding hydrogens is 212 g/mol. The van der Waals surface area contributed by atoms with Crippen molar-refractivity contribution in [2.75, 3.05) is 24.6 Å². The minimum atomic E-state index is -2.74. The fourth-order valence-electron chi connectivity index (χ4n) is 2.88. The Hall–Kier alpha value is -0.130. The Morgan fingerprint density at radius 1 is 1.33 bits per heavy atom. The van der Waals surface area contributed by atoms with Gasteiger partial charge in [-0.15, -0.1) is 0 Å². The van der Waals surface area contributed by atoms with Gasteiger partial charge in [0.05, 0.1) is 11.5 Å². The van der Waals surface area contributed by atoms with Crippen LogP contribution in [0.15, 0.2) is 0 Å². The lowest BCUT2D eigenvalue weighted by Crippen LogP contribution is -2.40. The second-order valence-electron chi connectivity index (χ2n) is 4.67. The van der Waals surface area contributed by atoms with Crippen molar-refractivity contribution in [3.63, 3.8) is 0 Å². The Bertz CT molecular complexity index is 315. The van der Waals surface area contributed by atoms with Crippen LogP contribution in [0.3, 0.4) is 0 Å². The number of hydrogen-bond donors (Lipinski definition) is 1. The zero-order valence-corrected chi connectivity index (χ0v) is 9.88. The summed E-state index contributed by atoms with van der Waals surface area (Å²) in [7, 11) is -2.74. The zero-order chi connectivity index (χ0) is 10.9. The van der Waals surface area contributed by atoms with Gasteiger partial charge in [-0.1, -0.05) is 0 Å². The van der Waals surface area contributed by atoms with Crippen LogP contribution in [-0.4, -0.2) is 50.0 Å². The van der Waals surface area contributed by atoms with E-state index in [9.17, 15) is 8.42 Å². The van der Waals surface area contributed by atoms with Gasteiger partial charge in [-0.3, -0.25) is 4.90 Å². The van der Waals surface area contributed by atoms with Crippen LogP contribution in [0.2, 0.25) is 0 Å². The first-order valence-electron chi connectivity index (χ1n) is 5.78. The topological polar surface area (TPSA) is 63.4 Å². The molecule has 2 unspecified atom stereocenters. The highest BCUT2D eigenvalue weighted by Gasteiger charge is 2.37. The van der Waals surface area contributed by atoms with Gasteiger partial charge in [0.1, 0.15) is 0 Å². The van der Waals surface area contributed by atoms with Crippen molar-refractivity contribution in [1.82, 2.24) is 4.90 Å². The van der Waals surface area contributed by atoms with Gasteiger partial charge >= 0.3 is 0 Å². The molecule has 0 aromatic rings. The molecule has 0 aromatic carbocycles. The maximum absolute atomic E-state index is 11.4. The molecule has 2 fully saturated rings. The van der Waals surface area contributed by atoms with Crippen molar-refractivity contribution < 1.29 is 8.42 Å². The van der Waals surface area contributed by atoms with Gasteiger partial charge < -0.3 is 5.73 Å². The summed E-state index contributed by atoms with van der Waals surface area (Å²) in [5.74, 6) is 0.748. The number of rotatable bonds is 3. The Balaban J connectivity index is 1.98. The highest BCUT2D eigenvalue weighted by molar-refractivity contribution is 7.91. The summed E-state index contributed by atoms with van der Waals surface area (Å²) >= 11 is 0. The molecule has 2 heterocycles. The Morgan fingerprint density at radius 3 is 2.73 bits per heavy atom. The van der Waals surface area contributed by atoms with E-state index in [0.717, 1.165) is 19.4 Å². The third kappa shape index (κ3) is 2.52. The molecule has 0 aromatic heterocycles. The average Bonchev–Trinajstić information content (AvgIpc) is 2.72. The summed E-state index contributed by atoms with van der Waals surface area (Å²) in [5.41, 5.74) is 5.58. The lowest BCUT2D eigenvalue weighted by atomic mass is 10.1. The molecule has 0 spiro atoms. The summed E-state index contributed by atoms with van der Waals surface area (Å²) in [6, 6.07) is 0.808. The van der Waals surface area contributed by atoms with E-state index in [1.807, 2.05) is 0 Å². The predicted molar refractivity (Wildman–Crippen MR) is 60.5 cm³/mol. The molecule has 0 bridgehead atoms. The van der Waals surface area contributed by atoms with Gasteiger partial charge in [-0.05, 0) is 38.8 Å². The summed E-state index contributed by atoms with van der Waals surface area (Å²) in [6.07, 6.45) is 4.22. The number of nitrogens with two attached hydrogens (primary N) is 1. The van der Waals surface area contributed by atoms with Gasteiger partial charge in [0.2, 0.25) is 0 Å². The first kappa shape index (κ1) is 11.4. The Labute approximate surface area is 91.7 Å². The highest BCUT2D eigenvalue weighted by atomic mass is 32.2. The third-order valence-corrected chi connectivity index (χ3v) is 5.35. The molecular formula is C10H20N2O2S. The molecule has 2 rings (SSSR count). The first-order valence-corrected chi connectivity index (χ1v) is 7.61. The fraction of sp³-hybridized carbons (Fsp3) is 1.00. The monoisotopic (exact) mass is 232 g/mol. The van der Waals surface area contributed by atoms with Crippen LogP contribution >= 0.6 is 0 Å². The van der Waals surface area contributed by atoms with E-state index in [1.54, 1.807) is 0 Å². The zero-order valence-electron chi connectivity index (χ0n) is 9.06. The summed E-state index contributed by atoms with van der Waals surface area (Å²) in [4.78, 5) is 2.39. The first-order chi connectivity index (χ1) is 7.12. The van der Waals surface area contributed by atoms with Crippen molar-refractivity contribution in [1.29, 1.82) is 0 Å². The smallest absolute Gasteiger partial charge is 0.151 e. The van der Waals surface area contributed by atoms with E-state index in [4.69, 9.17) is 5.73 Å². The SMILES string of the molecule is NCCC1CCCN1C1CCS(=O)(=O)C1. The van der Waals surface area contributed by atoms with E-state index in [1.165, 1.54) is 12.8 Å². The van der Waals surface area contributed by atoms with E-state index in [0.29, 0.717) is 24.1 Å². The molecule has 15 heavy (non-hydrogen) atoms. The molecule has 0 aliphatic carbocycles. The number of sulfone groups is 1. The Kier molecular flexibility index (Phi) is 3.33. The predicted octanol–water partition coefficient (Wildman–Crippen LogP) is -0.0133. The van der Waals surface area contributed by atoms with Crippen molar-refractivity contribution in [2.45, 2.75) is 37.8 Å². The summed E-state index contributed by atoms with van der Waals surface area (Å²) in [6.45, 7) is 1.77. The van der Waals surface area contributed by atoms with Crippen LogP contribution in [0.4, 0.5) is 0 Å². The van der Waals surface area contributed by atoms with Crippen molar-refractivity contribution in [2.24, 2.45) is 5.73 Å². The van der Waals surface area contributed by atoms with Crippen LogP contribution in [0.25, 0.3) is 0 Å². The lowest BCUT2D eigenvalue weighted by Gasteiger charge is -2.29. The molecule has 2 aliphatic rings. The molecule has 0 saturated carbocycles. The molecule has 2 N–H and O–H groups in total. The quantitative estimate of drug-likeness (QED) is 0.743. The van der Waals surface area contributed by atoms with E-state index >= 15 is 0 Å². The van der Waals surface area contributed by atoms with Gasteiger partial charge in [0, 0.05) is 12.1 Å². The Morgan fingerprint density at radius 2 is 2.13 bits per heavy atom. The molecule has 2 saturated heterocycles. The second kappa shape index (κ2) is 4.39. The normalized spacial score (nSPS) is 36.1. The lowest BCUT2D eigenvalue weighted by molar-refractivity contribution is 0.188. The van der Waals surface area contributed by atoms with Gasteiger partial charge in [-0.2, -0.15) is 0 Å². The standard InChI is InChI=1S/C10H20N2O2S/c11-5-3-9-2-1-6-12(9)10-4-7-15(13,14)8-10/h9-10H,1-8,11H2. The fourth-order valence-corrected chi connectivity index (χ4v) is 4.62. The maximum Gasteiger partial charge on any atom is 0.151 e. The van der Waals surface area contributed by atoms with Gasteiger partial charge in [0.15, 0.2) is 9.84 Å². The number of nitrogens with zero attached hydrogens (tertiary/aromatic N) is 1. The van der Waals surface area contributed by atoms with E-state index < -0.39 is 9.84 Å². The minimum absolute atomic E-state index is 0.272. The minimum Gasteiger partial charge on any atom is -0.330 e. The van der Waals surface area contributed by atoms with Crippen LogP contribution < -0.4 is 5.73 Å². The van der Waals surface area contributed by atoms with Gasteiger partial charge in [-0.25, -0.2) is 8.42 Å². The van der Waals surface area contributed by atoms with Crippen LogP contribution in [0.5, 0.6) is 0 Å². The van der Waals surface area contributed by atoms with Crippen molar-refractivity contribution in [3.8, 4) is 0 Å². The van der Waals surface area contributed by atoms with E-state index in [-0.39, 0.29) is 6.04 Å². The molecule has 2 aliphatic heterocycles. The maximum atomic E-state index is 11.4. The molecule has 0 amide bonds. The molecule has 5 heteroatoms. The average molecular weight is 232 g/mol. The van der Waals surface area contributed by atoms with Crippen LogP contribution in [0.1, 0.15) is 25.7 Å². The molecule has 4 nitrogen and oxygen atoms in total. The highest BCUT2D eigenvalue weighted by Crippen LogP contribution is 2.27. The van der Waals surface area contributed by atoms with E-state index in [2.05, 4.69) is 4.90 Å². The molecule has 0 radical (unpaired) electrons. The van der Waals surface area contributed by atoms with Gasteiger partial charge in [0.25, 0.3) is 0 Å². The number of likely N-dealkylation sites (tertiary alicyclic amines) is 1.